The topological polar surface area (TPSA) is 31.5 Å². The summed E-state index contributed by atoms with van der Waals surface area (Å²) in [7, 11) is 0. The summed E-state index contributed by atoms with van der Waals surface area (Å²) in [4.78, 5) is 0. The third-order valence-electron chi connectivity index (χ3n) is 0. The summed E-state index contributed by atoms with van der Waals surface area (Å²) in [6, 6.07) is 0. The van der Waals surface area contributed by atoms with Crippen molar-refractivity contribution in [3.63, 3.8) is 0 Å². The Morgan fingerprint density at radius 2 is 1.20 bits per heavy atom. The fourth-order valence-electron chi connectivity index (χ4n) is 0. The molecule has 0 aromatic heterocycles. The van der Waals surface area contributed by atoms with Crippen molar-refractivity contribution in [2.24, 2.45) is 0 Å². The van der Waals surface area contributed by atoms with Crippen molar-refractivity contribution < 1.29 is 89.3 Å². The molecule has 5 heavy (non-hydrogen) atoms. The summed E-state index contributed by atoms with van der Waals surface area (Å²) < 4.78 is 0. The Morgan fingerprint density at radius 1 is 1.20 bits per heavy atom. The first kappa shape index (κ1) is 39.6. The van der Waals surface area contributed by atoms with Gasteiger partial charge in [0.15, 0.2) is 17.4 Å². The average Bonchev–Trinajstić information content (AvgIpc) is 0. The van der Waals surface area contributed by atoms with Crippen LogP contribution in [0.5, 0.6) is 0 Å². The standard InChI is InChI=1S/Al.ClH.K.Na.H2O.5H/h;1H;;;1H2;;;;;/q;;2*+1;;;;;2*-1. The molecule has 0 radical (unpaired) electrons. The van der Waals surface area contributed by atoms with Crippen LogP contribution in [0.25, 0.3) is 0 Å². The van der Waals surface area contributed by atoms with Gasteiger partial charge in [0.25, 0.3) is 0 Å². The molecule has 1 nitrogen and oxygen atoms in total. The van der Waals surface area contributed by atoms with Crippen molar-refractivity contribution in [1.82, 2.24) is 0 Å². The molecule has 0 rings (SSSR count). The van der Waals surface area contributed by atoms with E-state index in [-0.39, 0.29) is 119 Å². The minimum atomic E-state index is 0. The number of halogens is 1. The molecule has 26 valence electrons. The van der Waals surface area contributed by atoms with Crippen LogP contribution in [0.1, 0.15) is 2.85 Å². The van der Waals surface area contributed by atoms with Gasteiger partial charge < -0.3 is 8.33 Å². The van der Waals surface area contributed by atoms with E-state index in [0.29, 0.717) is 0 Å². The Labute approximate surface area is 116 Å². The molecular formula is H8AlClKNaO. The summed E-state index contributed by atoms with van der Waals surface area (Å²) in [5.74, 6) is 0. The van der Waals surface area contributed by atoms with Crippen LogP contribution in [0.4, 0.5) is 0 Å². The van der Waals surface area contributed by atoms with E-state index in [1.807, 2.05) is 0 Å². The van der Waals surface area contributed by atoms with E-state index in [0.717, 1.165) is 0 Å². The van der Waals surface area contributed by atoms with Crippen LogP contribution in [0.3, 0.4) is 0 Å². The van der Waals surface area contributed by atoms with Gasteiger partial charge in [-0.1, -0.05) is 0 Å². The number of hydrogen-bond acceptors (Lipinski definition) is 0. The minimum absolute atomic E-state index is 0. The van der Waals surface area contributed by atoms with Gasteiger partial charge in [0.05, 0.1) is 0 Å². The van der Waals surface area contributed by atoms with Crippen molar-refractivity contribution >= 4 is 29.8 Å². The zero-order valence-corrected chi connectivity index (χ0v) is 8.85. The van der Waals surface area contributed by atoms with Crippen LogP contribution < -0.4 is 80.9 Å². The van der Waals surface area contributed by atoms with Crippen LogP contribution in [-0.4, -0.2) is 22.8 Å². The van der Waals surface area contributed by atoms with Crippen molar-refractivity contribution in [3.05, 3.63) is 0 Å². The smallest absolute Gasteiger partial charge is 1.00 e. The zero-order chi connectivity index (χ0) is 0. The molecule has 0 aliphatic rings. The maximum Gasteiger partial charge on any atom is 1.00 e. The molecule has 0 unspecified atom stereocenters. The van der Waals surface area contributed by atoms with Gasteiger partial charge in [-0.15, -0.1) is 12.4 Å². The maximum absolute atomic E-state index is 0. The fourth-order valence-corrected chi connectivity index (χ4v) is 0. The molecule has 0 aromatic rings. The summed E-state index contributed by atoms with van der Waals surface area (Å²) in [6.45, 7) is 0. The fraction of sp³-hybridized carbons (Fsp3) is 0. The van der Waals surface area contributed by atoms with Crippen LogP contribution in [-0.2, 0) is 0 Å². The van der Waals surface area contributed by atoms with Gasteiger partial charge in [-0.3, -0.25) is 0 Å². The molecule has 0 aromatic carbocycles. The summed E-state index contributed by atoms with van der Waals surface area (Å²) in [5, 5.41) is 0. The minimum Gasteiger partial charge on any atom is -1.00 e. The SMILES string of the molecule is Cl.O.[AlH3].[H-].[H-].[K+].[Na+]. The molecule has 2 N–H and O–H groups in total. The van der Waals surface area contributed by atoms with Crippen LogP contribution in [0.15, 0.2) is 0 Å². The molecule has 0 saturated heterocycles. The molecule has 0 aliphatic carbocycles. The maximum atomic E-state index is 0. The predicted octanol–water partition coefficient (Wildman–Crippen LogP) is -7.35. The molecule has 0 amide bonds. The van der Waals surface area contributed by atoms with Crippen LogP contribution in [0, 0.1) is 0 Å². The molecule has 0 spiro atoms. The Balaban J connectivity index is 0. The zero-order valence-electron chi connectivity index (χ0n) is 4.91. The monoisotopic (exact) mass is 148 g/mol. The van der Waals surface area contributed by atoms with E-state index in [1.165, 1.54) is 0 Å². The van der Waals surface area contributed by atoms with Crippen molar-refractivity contribution in [2.45, 2.75) is 0 Å². The molecule has 5 heteroatoms. The third-order valence-corrected chi connectivity index (χ3v) is 0. The van der Waals surface area contributed by atoms with Crippen molar-refractivity contribution in [3.8, 4) is 0 Å². The molecule has 0 saturated carbocycles. The molecule has 0 bridgehead atoms. The van der Waals surface area contributed by atoms with E-state index in [1.54, 1.807) is 0 Å². The molecule has 0 aliphatic heterocycles. The van der Waals surface area contributed by atoms with Gasteiger partial charge in [0.2, 0.25) is 0 Å². The molecule has 0 heterocycles. The van der Waals surface area contributed by atoms with Gasteiger partial charge in [0.1, 0.15) is 0 Å². The number of rotatable bonds is 0. The molecular weight excluding hydrogens is 141 g/mol. The largest absolute Gasteiger partial charge is 1.00 e. The molecule has 0 atom stereocenters. The van der Waals surface area contributed by atoms with E-state index >= 15 is 0 Å². The van der Waals surface area contributed by atoms with Gasteiger partial charge >= 0.3 is 80.9 Å². The second kappa shape index (κ2) is 26.2. The summed E-state index contributed by atoms with van der Waals surface area (Å²) >= 11 is 0. The van der Waals surface area contributed by atoms with Crippen LogP contribution >= 0.6 is 12.4 Å². The van der Waals surface area contributed by atoms with Gasteiger partial charge in [0, 0.05) is 0 Å². The Kier molecular flexibility index (Phi) is 207. The Bertz CT molecular complexity index is 17.7. The van der Waals surface area contributed by atoms with Gasteiger partial charge in [-0.05, 0) is 0 Å². The Hall–Kier alpha value is 3.42. The summed E-state index contributed by atoms with van der Waals surface area (Å²) in [5.41, 5.74) is 0. The number of hydrogen-bond donors (Lipinski definition) is 0. The first-order chi connectivity index (χ1) is 0. The third kappa shape index (κ3) is 18.6. The van der Waals surface area contributed by atoms with E-state index in [4.69, 9.17) is 0 Å². The first-order valence-electron chi connectivity index (χ1n) is 0. The van der Waals surface area contributed by atoms with Gasteiger partial charge in [-0.25, -0.2) is 0 Å². The first-order valence-corrected chi connectivity index (χ1v) is 0. The second-order valence-corrected chi connectivity index (χ2v) is 0. The van der Waals surface area contributed by atoms with Crippen molar-refractivity contribution in [1.29, 1.82) is 0 Å². The van der Waals surface area contributed by atoms with E-state index in [9.17, 15) is 0 Å². The average molecular weight is 149 g/mol. The van der Waals surface area contributed by atoms with E-state index < -0.39 is 0 Å². The predicted molar refractivity (Wildman–Crippen MR) is 23.0 cm³/mol. The second-order valence-electron chi connectivity index (χ2n) is 0. The van der Waals surface area contributed by atoms with Crippen molar-refractivity contribution in [2.75, 3.05) is 0 Å². The quantitative estimate of drug-likeness (QED) is 0.306. The molecule has 0 fully saturated rings. The van der Waals surface area contributed by atoms with Crippen LogP contribution in [0.2, 0.25) is 0 Å². The summed E-state index contributed by atoms with van der Waals surface area (Å²) in [6.07, 6.45) is 0. The Morgan fingerprint density at radius 3 is 1.20 bits per heavy atom. The van der Waals surface area contributed by atoms with Gasteiger partial charge in [-0.2, -0.15) is 0 Å². The van der Waals surface area contributed by atoms with E-state index in [2.05, 4.69) is 0 Å². The normalized spacial score (nSPS) is 0.